The standard InChI is InChI=1S/2C44H55NO.C4H13P.Ni/c2*1-4-7-9-11-13-17-28-38-30-35(23-6-3)31-39(29-18-14-12-10-8-5-2)43(38)45-34-41-32-40(36-24-19-15-20-25-36)33-42(44(41)46)37-26-21-16-22-27-37;1-5(2,3)4;/h2*6,15-16,19-22,24-27,30-34,46H,3-5,7-14,17-18,23,28-29H2,1-2H3;5H,1-4H3;/q;;;+2/p-2. The summed E-state index contributed by atoms with van der Waals surface area (Å²) in [6.45, 7) is 26.5. The molecule has 0 saturated heterocycles. The molecule has 0 atom stereocenters. The number of benzene rings is 8. The molecule has 6 heteroatoms. The van der Waals surface area contributed by atoms with Crippen LogP contribution in [0.4, 0.5) is 11.4 Å². The zero-order chi connectivity index (χ0) is 69.3. The zero-order valence-electron chi connectivity index (χ0n) is 61.6. The summed E-state index contributed by atoms with van der Waals surface area (Å²) in [5.74, 6) is 0.0423. The molecule has 0 amide bonds. The van der Waals surface area contributed by atoms with Gasteiger partial charge in [0.05, 0.1) is 11.4 Å². The molecule has 8 aromatic carbocycles. The summed E-state index contributed by atoms with van der Waals surface area (Å²) in [7, 11) is -0.611. The second-order valence-electron chi connectivity index (χ2n) is 28.4. The van der Waals surface area contributed by atoms with Crippen molar-refractivity contribution in [3.63, 3.8) is 0 Å². The molecule has 4 nitrogen and oxygen atoms in total. The Labute approximate surface area is 606 Å². The van der Waals surface area contributed by atoms with Crippen LogP contribution in [0.3, 0.4) is 0 Å². The molecule has 0 bridgehead atoms. The number of rotatable bonds is 40. The van der Waals surface area contributed by atoms with Crippen LogP contribution >= 0.6 is 7.26 Å². The molecule has 0 spiro atoms. The molecule has 0 aliphatic heterocycles. The van der Waals surface area contributed by atoms with E-state index in [0.717, 1.165) is 109 Å². The van der Waals surface area contributed by atoms with Crippen molar-refractivity contribution in [1.82, 2.24) is 0 Å². The summed E-state index contributed by atoms with van der Waals surface area (Å²) in [5.41, 5.74) is 18.8. The Hall–Kier alpha value is -6.90. The average Bonchev–Trinajstić information content (AvgIpc) is 0.810. The molecule has 526 valence electrons. The summed E-state index contributed by atoms with van der Waals surface area (Å²) in [4.78, 5) is 10.4. The molecule has 0 unspecified atom stereocenters. The molecule has 98 heavy (non-hydrogen) atoms. The van der Waals surface area contributed by atoms with Gasteiger partial charge in [0.25, 0.3) is 0 Å². The second-order valence-corrected chi connectivity index (χ2v) is 34.4. The van der Waals surface area contributed by atoms with Gasteiger partial charge in [-0.1, -0.05) is 325 Å². The smallest absolute Gasteiger partial charge is 2.00 e. The summed E-state index contributed by atoms with van der Waals surface area (Å²) < 4.78 is 0. The number of hydrogen-bond acceptors (Lipinski definition) is 4. The Morgan fingerprint density at radius 1 is 0.327 bits per heavy atom. The number of nitrogens with zero attached hydrogens (tertiary/aromatic N) is 2. The molecule has 0 N–H and O–H groups in total. The van der Waals surface area contributed by atoms with Crippen LogP contribution in [-0.2, 0) is 55.0 Å². The van der Waals surface area contributed by atoms with Crippen molar-refractivity contribution in [1.29, 1.82) is 0 Å². The molecule has 0 aromatic heterocycles. The van der Waals surface area contributed by atoms with Crippen LogP contribution in [0, 0.1) is 0 Å². The summed E-state index contributed by atoms with van der Waals surface area (Å²) in [6, 6.07) is 58.1. The monoisotopic (exact) mass is 1370 g/mol. The van der Waals surface area contributed by atoms with Crippen molar-refractivity contribution in [2.45, 2.75) is 220 Å². The third-order valence-corrected chi connectivity index (χ3v) is 17.9. The van der Waals surface area contributed by atoms with E-state index in [4.69, 9.17) is 9.98 Å². The van der Waals surface area contributed by atoms with Crippen molar-refractivity contribution >= 4 is 31.1 Å². The average molecular weight is 1380 g/mol. The quantitative estimate of drug-likeness (QED) is 0.0126. The van der Waals surface area contributed by atoms with Crippen LogP contribution in [0.15, 0.2) is 205 Å². The predicted octanol–water partition coefficient (Wildman–Crippen LogP) is 26.0. The Kier molecular flexibility index (Phi) is 39.4. The zero-order valence-corrected chi connectivity index (χ0v) is 63.6. The number of aryl methyl sites for hydroxylation is 4. The van der Waals surface area contributed by atoms with E-state index in [1.54, 1.807) is 0 Å². The molecule has 0 heterocycles. The van der Waals surface area contributed by atoms with Crippen molar-refractivity contribution < 1.29 is 26.7 Å². The Balaban J connectivity index is 0.000000328. The van der Waals surface area contributed by atoms with Crippen LogP contribution in [-0.4, -0.2) is 39.1 Å². The molecule has 0 aliphatic rings. The van der Waals surface area contributed by atoms with Gasteiger partial charge >= 0.3 is 50.4 Å². The molecule has 0 saturated carbocycles. The van der Waals surface area contributed by atoms with E-state index in [1.807, 2.05) is 146 Å². The molecule has 0 fully saturated rings. The third kappa shape index (κ3) is 29.5. The van der Waals surface area contributed by atoms with Crippen molar-refractivity contribution in [3.05, 3.63) is 240 Å². The van der Waals surface area contributed by atoms with Crippen molar-refractivity contribution in [3.8, 4) is 56.0 Å². The van der Waals surface area contributed by atoms with E-state index in [0.29, 0.717) is 22.3 Å². The van der Waals surface area contributed by atoms with E-state index in [2.05, 4.69) is 116 Å². The molecule has 8 rings (SSSR count). The van der Waals surface area contributed by atoms with Gasteiger partial charge in [-0.2, -0.15) is 0 Å². The van der Waals surface area contributed by atoms with Crippen LogP contribution < -0.4 is 10.2 Å². The molecule has 0 radical (unpaired) electrons. The maximum Gasteiger partial charge on any atom is 2.00 e. The number of unbranched alkanes of at least 4 members (excludes halogenated alkanes) is 20. The minimum absolute atomic E-state index is 0. The molecule has 8 aromatic rings. The summed E-state index contributed by atoms with van der Waals surface area (Å²) in [6.07, 6.45) is 43.8. The van der Waals surface area contributed by atoms with Gasteiger partial charge in [-0.15, -0.1) is 13.2 Å². The van der Waals surface area contributed by atoms with Crippen molar-refractivity contribution in [2.75, 3.05) is 26.7 Å². The van der Waals surface area contributed by atoms with Gasteiger partial charge in [0.15, 0.2) is 0 Å². The van der Waals surface area contributed by atoms with Gasteiger partial charge in [-0.3, -0.25) is 9.98 Å². The Morgan fingerprint density at radius 3 is 0.827 bits per heavy atom. The van der Waals surface area contributed by atoms with Gasteiger partial charge < -0.3 is 10.2 Å². The maximum atomic E-state index is 14.0. The number of allylic oxidation sites excluding steroid dienone is 2. The van der Waals surface area contributed by atoms with Gasteiger partial charge in [0.1, 0.15) is 0 Å². The van der Waals surface area contributed by atoms with Gasteiger partial charge in [0.2, 0.25) is 0 Å². The fraction of sp³-hybridized carbons (Fsp3) is 0.413. The molecular formula is C92H121N2NiO2P. The minimum atomic E-state index is -0.611. The first-order chi connectivity index (χ1) is 47.3. The first-order valence-electron chi connectivity index (χ1n) is 37.8. The predicted molar refractivity (Wildman–Crippen MR) is 429 cm³/mol. The van der Waals surface area contributed by atoms with E-state index in [9.17, 15) is 10.2 Å². The second kappa shape index (κ2) is 47.2. The third-order valence-electron chi connectivity index (χ3n) is 17.9. The van der Waals surface area contributed by atoms with Gasteiger partial charge in [0, 0.05) is 12.4 Å². The number of aliphatic imine (C=N–C) groups is 2. The first kappa shape index (κ1) is 81.8. The largest absolute Gasteiger partial charge is 2.00 e. The molecule has 0 aliphatic carbocycles. The normalized spacial score (nSPS) is 11.4. The van der Waals surface area contributed by atoms with Crippen LogP contribution in [0.5, 0.6) is 11.5 Å². The number of hydrogen-bond donors (Lipinski definition) is 0. The topological polar surface area (TPSA) is 70.8 Å². The van der Waals surface area contributed by atoms with E-state index < -0.39 is 7.26 Å². The van der Waals surface area contributed by atoms with Crippen LogP contribution in [0.25, 0.3) is 44.5 Å². The van der Waals surface area contributed by atoms with Gasteiger partial charge in [-0.25, -0.2) is 0 Å². The van der Waals surface area contributed by atoms with E-state index >= 15 is 0 Å². The fourth-order valence-electron chi connectivity index (χ4n) is 12.7. The van der Waals surface area contributed by atoms with Crippen molar-refractivity contribution in [2.24, 2.45) is 9.98 Å². The minimum Gasteiger partial charge on any atom is 2.00 e. The van der Waals surface area contributed by atoms with E-state index in [1.165, 1.54) is 162 Å². The van der Waals surface area contributed by atoms with Crippen LogP contribution in [0.1, 0.15) is 226 Å². The summed E-state index contributed by atoms with van der Waals surface area (Å²) >= 11 is 0. The Morgan fingerprint density at radius 2 is 0.571 bits per heavy atom. The van der Waals surface area contributed by atoms with Gasteiger partial charge in [-0.05, 0) is 177 Å². The Bertz CT molecular complexity index is 3280. The molecular weight excluding hydrogens is 1250 g/mol. The summed E-state index contributed by atoms with van der Waals surface area (Å²) in [5, 5.41) is 28.0. The van der Waals surface area contributed by atoms with Crippen LogP contribution in [0.2, 0.25) is 0 Å². The van der Waals surface area contributed by atoms with E-state index in [-0.39, 0.29) is 28.0 Å². The fourth-order valence-corrected chi connectivity index (χ4v) is 12.7. The maximum absolute atomic E-state index is 14.0. The first-order valence-corrected chi connectivity index (χ1v) is 41.8. The SMILES string of the molecule is C=CCc1cc(CCCCCCCC)c(N=Cc2cc(-c3ccccc3)cc(-c3ccccc3)c2[O-])c(CCCCCCCC)c1.C=CCc1cc(CCCCCCCC)c(N=Cc2cc(-c3ccccc3)cc(-c3ccccc3)c2[O-])c(CCCCCCCC)c1.C[PH](C)(C)C.[Ni+2].